The number of imidazole rings is 1. The number of rotatable bonds is 5. The number of aryl methyl sites for hydroxylation is 1. The molecule has 0 aliphatic carbocycles. The van der Waals surface area contributed by atoms with Crippen molar-refractivity contribution in [3.8, 4) is 6.07 Å². The van der Waals surface area contributed by atoms with Gasteiger partial charge in [0.15, 0.2) is 0 Å². The van der Waals surface area contributed by atoms with Crippen LogP contribution in [0.15, 0.2) is 36.7 Å². The number of benzene rings is 1. The van der Waals surface area contributed by atoms with Crippen LogP contribution in [0.2, 0.25) is 0 Å². The van der Waals surface area contributed by atoms with Gasteiger partial charge in [-0.2, -0.15) is 5.26 Å². The number of aromatic nitrogens is 2. The number of hydrogen-bond acceptors (Lipinski definition) is 4. The predicted octanol–water partition coefficient (Wildman–Crippen LogP) is 2.55. The Morgan fingerprint density at radius 3 is 2.96 bits per heavy atom. The molecule has 0 saturated carbocycles. The average molecular weight is 310 g/mol. The summed E-state index contributed by atoms with van der Waals surface area (Å²) in [6.45, 7) is 2.36. The van der Waals surface area contributed by atoms with Crippen LogP contribution in [0.5, 0.6) is 0 Å². The Hall–Kier alpha value is -2.16. The molecule has 0 unspecified atom stereocenters. The minimum Gasteiger partial charge on any atom is -0.381 e. The Morgan fingerprint density at radius 2 is 2.26 bits per heavy atom. The Morgan fingerprint density at radius 1 is 1.43 bits per heavy atom. The van der Waals surface area contributed by atoms with Crippen LogP contribution >= 0.6 is 0 Å². The third-order valence-electron chi connectivity index (χ3n) is 4.46. The van der Waals surface area contributed by atoms with E-state index in [1.54, 1.807) is 0 Å². The van der Waals surface area contributed by atoms with Crippen molar-refractivity contribution in [2.45, 2.75) is 25.4 Å². The predicted molar refractivity (Wildman–Crippen MR) is 87.5 cm³/mol. The summed E-state index contributed by atoms with van der Waals surface area (Å²) in [5, 5.41) is 12.7. The van der Waals surface area contributed by atoms with Crippen LogP contribution in [-0.4, -0.2) is 22.8 Å². The van der Waals surface area contributed by atoms with E-state index >= 15 is 0 Å². The molecule has 0 bridgehead atoms. The van der Waals surface area contributed by atoms with Crippen LogP contribution in [-0.2, 0) is 18.3 Å². The van der Waals surface area contributed by atoms with E-state index in [2.05, 4.69) is 20.9 Å². The maximum Gasteiger partial charge on any atom is 0.125 e. The molecule has 1 aliphatic rings. The molecule has 3 rings (SSSR count). The summed E-state index contributed by atoms with van der Waals surface area (Å²) in [7, 11) is 2.03. The lowest BCUT2D eigenvalue weighted by Gasteiger charge is -2.30. The molecule has 5 nitrogen and oxygen atoms in total. The SMILES string of the molecule is Cn1ccnc1[C@H](NCc1cccc(C#N)c1)C1CCOCC1. The summed E-state index contributed by atoms with van der Waals surface area (Å²) in [6, 6.07) is 10.1. The third-order valence-corrected chi connectivity index (χ3v) is 4.46. The Kier molecular flexibility index (Phi) is 5.06. The van der Waals surface area contributed by atoms with Crippen molar-refractivity contribution >= 4 is 0 Å². The summed E-state index contributed by atoms with van der Waals surface area (Å²) >= 11 is 0. The highest BCUT2D eigenvalue weighted by molar-refractivity contribution is 5.32. The molecule has 0 spiro atoms. The minimum atomic E-state index is 0.199. The maximum atomic E-state index is 9.03. The van der Waals surface area contributed by atoms with E-state index in [1.807, 2.05) is 43.7 Å². The van der Waals surface area contributed by atoms with Gasteiger partial charge in [0, 0.05) is 39.2 Å². The Labute approximate surface area is 136 Å². The largest absolute Gasteiger partial charge is 0.381 e. The van der Waals surface area contributed by atoms with Crippen LogP contribution in [0, 0.1) is 17.2 Å². The molecule has 2 aromatic rings. The first-order valence-corrected chi connectivity index (χ1v) is 8.05. The van der Waals surface area contributed by atoms with Crippen molar-refractivity contribution in [1.29, 1.82) is 5.26 Å². The van der Waals surface area contributed by atoms with Gasteiger partial charge >= 0.3 is 0 Å². The average Bonchev–Trinajstić information content (AvgIpc) is 3.02. The summed E-state index contributed by atoms with van der Waals surface area (Å²) in [6.07, 6.45) is 5.92. The standard InChI is InChI=1S/C18H22N4O/c1-22-8-7-20-18(22)17(16-5-9-23-10-6-16)21-13-15-4-2-3-14(11-15)12-19/h2-4,7-8,11,16-17,21H,5-6,9-10,13H2,1H3/t17-/m1/s1. The van der Waals surface area contributed by atoms with Gasteiger partial charge in [0.1, 0.15) is 5.82 Å². The van der Waals surface area contributed by atoms with Crippen molar-refractivity contribution in [3.05, 3.63) is 53.6 Å². The molecule has 0 amide bonds. The molecule has 23 heavy (non-hydrogen) atoms. The summed E-state index contributed by atoms with van der Waals surface area (Å²) in [5.41, 5.74) is 1.82. The van der Waals surface area contributed by atoms with Crippen LogP contribution in [0.25, 0.3) is 0 Å². The summed E-state index contributed by atoms with van der Waals surface area (Å²) < 4.78 is 7.58. The maximum absolute atomic E-state index is 9.03. The number of ether oxygens (including phenoxy) is 1. The van der Waals surface area contributed by atoms with E-state index in [1.165, 1.54) is 0 Å². The lowest BCUT2D eigenvalue weighted by atomic mass is 9.91. The second-order valence-electron chi connectivity index (χ2n) is 6.02. The highest BCUT2D eigenvalue weighted by Gasteiger charge is 2.27. The molecule has 1 aromatic carbocycles. The fourth-order valence-corrected chi connectivity index (χ4v) is 3.17. The molecular formula is C18H22N4O. The van der Waals surface area contributed by atoms with Gasteiger partial charge in [0.2, 0.25) is 0 Å². The molecule has 1 saturated heterocycles. The Balaban J connectivity index is 1.75. The topological polar surface area (TPSA) is 62.9 Å². The normalized spacial score (nSPS) is 16.9. The van der Waals surface area contributed by atoms with Crippen LogP contribution in [0.3, 0.4) is 0 Å². The molecule has 1 fully saturated rings. The first kappa shape index (κ1) is 15.7. The molecule has 5 heteroatoms. The van der Waals surface area contributed by atoms with Crippen molar-refractivity contribution in [2.24, 2.45) is 13.0 Å². The minimum absolute atomic E-state index is 0.199. The number of hydrogen-bond donors (Lipinski definition) is 1. The molecule has 1 N–H and O–H groups in total. The smallest absolute Gasteiger partial charge is 0.125 e. The second-order valence-corrected chi connectivity index (χ2v) is 6.02. The highest BCUT2D eigenvalue weighted by atomic mass is 16.5. The highest BCUT2D eigenvalue weighted by Crippen LogP contribution is 2.29. The van der Waals surface area contributed by atoms with Crippen molar-refractivity contribution < 1.29 is 4.74 Å². The summed E-state index contributed by atoms with van der Waals surface area (Å²) in [4.78, 5) is 4.54. The zero-order valence-electron chi connectivity index (χ0n) is 13.4. The first-order valence-electron chi connectivity index (χ1n) is 8.05. The van der Waals surface area contributed by atoms with Gasteiger partial charge in [-0.3, -0.25) is 0 Å². The van der Waals surface area contributed by atoms with Gasteiger partial charge in [0.25, 0.3) is 0 Å². The molecule has 1 aromatic heterocycles. The van der Waals surface area contributed by atoms with E-state index in [9.17, 15) is 0 Å². The number of nitrogens with zero attached hydrogens (tertiary/aromatic N) is 3. The zero-order valence-corrected chi connectivity index (χ0v) is 13.4. The Bertz CT molecular complexity index is 682. The second kappa shape index (κ2) is 7.40. The van der Waals surface area contributed by atoms with Gasteiger partial charge < -0.3 is 14.6 Å². The molecule has 1 atom stereocenters. The first-order chi connectivity index (χ1) is 11.3. The van der Waals surface area contributed by atoms with Gasteiger partial charge in [-0.25, -0.2) is 4.98 Å². The van der Waals surface area contributed by atoms with E-state index in [4.69, 9.17) is 10.00 Å². The van der Waals surface area contributed by atoms with Crippen molar-refractivity contribution in [2.75, 3.05) is 13.2 Å². The molecule has 2 heterocycles. The molecule has 1 aliphatic heterocycles. The van der Waals surface area contributed by atoms with Crippen LogP contribution in [0.4, 0.5) is 0 Å². The molecule has 0 radical (unpaired) electrons. The quantitative estimate of drug-likeness (QED) is 0.922. The number of nitriles is 1. The van der Waals surface area contributed by atoms with E-state index in [0.29, 0.717) is 11.5 Å². The third kappa shape index (κ3) is 3.79. The van der Waals surface area contributed by atoms with Gasteiger partial charge in [-0.05, 0) is 36.5 Å². The van der Waals surface area contributed by atoms with E-state index in [0.717, 1.165) is 44.0 Å². The van der Waals surface area contributed by atoms with Crippen LogP contribution < -0.4 is 5.32 Å². The van der Waals surface area contributed by atoms with Crippen molar-refractivity contribution in [3.63, 3.8) is 0 Å². The van der Waals surface area contributed by atoms with E-state index < -0.39 is 0 Å². The number of nitrogens with one attached hydrogen (secondary N) is 1. The molecular weight excluding hydrogens is 288 g/mol. The molecule has 120 valence electrons. The van der Waals surface area contributed by atoms with Gasteiger partial charge in [-0.1, -0.05) is 12.1 Å². The lowest BCUT2D eigenvalue weighted by molar-refractivity contribution is 0.0518. The van der Waals surface area contributed by atoms with E-state index in [-0.39, 0.29) is 6.04 Å². The zero-order chi connectivity index (χ0) is 16.1. The van der Waals surface area contributed by atoms with Crippen molar-refractivity contribution in [1.82, 2.24) is 14.9 Å². The van der Waals surface area contributed by atoms with Gasteiger partial charge in [0.05, 0.1) is 17.7 Å². The lowest BCUT2D eigenvalue weighted by Crippen LogP contribution is -2.33. The fourth-order valence-electron chi connectivity index (χ4n) is 3.17. The van der Waals surface area contributed by atoms with Gasteiger partial charge in [-0.15, -0.1) is 0 Å². The summed E-state index contributed by atoms with van der Waals surface area (Å²) in [5.74, 6) is 1.58. The fraction of sp³-hybridized carbons (Fsp3) is 0.444. The van der Waals surface area contributed by atoms with Crippen LogP contribution in [0.1, 0.15) is 35.8 Å². The monoisotopic (exact) mass is 310 g/mol.